The number of rotatable bonds is 5. The Hall–Kier alpha value is -1.78. The number of anilines is 2. The molecular weight excluding hydrogens is 230 g/mol. The summed E-state index contributed by atoms with van der Waals surface area (Å²) < 4.78 is 4.67. The summed E-state index contributed by atoms with van der Waals surface area (Å²) in [5.74, 6) is 0.969. The monoisotopic (exact) mass is 249 g/mol. The minimum absolute atomic E-state index is 0.359. The molecular formula is C13H19N3O2. The molecule has 1 aliphatic carbocycles. The molecule has 98 valence electrons. The summed E-state index contributed by atoms with van der Waals surface area (Å²) in [7, 11) is 1.34. The second-order valence-corrected chi connectivity index (χ2v) is 4.62. The van der Waals surface area contributed by atoms with Crippen LogP contribution in [0.2, 0.25) is 0 Å². The van der Waals surface area contributed by atoms with Crippen molar-refractivity contribution in [1.82, 2.24) is 4.98 Å². The Bertz CT molecular complexity index is 430. The molecule has 0 aromatic carbocycles. The molecule has 5 nitrogen and oxygen atoms in total. The second kappa shape index (κ2) is 5.71. The van der Waals surface area contributed by atoms with E-state index in [4.69, 9.17) is 5.73 Å². The minimum Gasteiger partial charge on any atom is -0.465 e. The molecule has 0 unspecified atom stereocenters. The standard InChI is InChI=1S/C13H19N3O2/c1-18-13(17)10-6-8-16-12(11(10)14)15-7-5-9-3-2-4-9/h6,8-9H,2-5,7,14H2,1H3,(H,15,16). The zero-order valence-corrected chi connectivity index (χ0v) is 10.6. The number of nitrogens with one attached hydrogen (secondary N) is 1. The summed E-state index contributed by atoms with van der Waals surface area (Å²) in [6, 6.07) is 1.57. The van der Waals surface area contributed by atoms with Crippen LogP contribution in [0.25, 0.3) is 0 Å². The van der Waals surface area contributed by atoms with Gasteiger partial charge in [0.2, 0.25) is 0 Å². The highest BCUT2D eigenvalue weighted by Crippen LogP contribution is 2.29. The lowest BCUT2D eigenvalue weighted by molar-refractivity contribution is 0.0602. The van der Waals surface area contributed by atoms with Gasteiger partial charge in [-0.1, -0.05) is 19.3 Å². The van der Waals surface area contributed by atoms with Crippen molar-refractivity contribution in [1.29, 1.82) is 0 Å². The van der Waals surface area contributed by atoms with Gasteiger partial charge in [-0.2, -0.15) is 0 Å². The minimum atomic E-state index is -0.433. The Morgan fingerprint density at radius 2 is 2.39 bits per heavy atom. The van der Waals surface area contributed by atoms with Gasteiger partial charge in [0.1, 0.15) is 5.82 Å². The third-order valence-electron chi connectivity index (χ3n) is 3.47. The Morgan fingerprint density at radius 1 is 1.61 bits per heavy atom. The van der Waals surface area contributed by atoms with Crippen LogP contribution in [0.1, 0.15) is 36.0 Å². The van der Waals surface area contributed by atoms with Crippen LogP contribution in [0, 0.1) is 5.92 Å². The predicted octanol–water partition coefficient (Wildman–Crippen LogP) is 2.05. The van der Waals surface area contributed by atoms with E-state index in [-0.39, 0.29) is 0 Å². The molecule has 1 saturated carbocycles. The number of aromatic nitrogens is 1. The largest absolute Gasteiger partial charge is 0.465 e. The molecule has 1 aliphatic rings. The summed E-state index contributed by atoms with van der Waals surface area (Å²) in [6.45, 7) is 0.840. The van der Waals surface area contributed by atoms with Crippen LogP contribution >= 0.6 is 0 Å². The van der Waals surface area contributed by atoms with E-state index < -0.39 is 5.97 Å². The smallest absolute Gasteiger partial charge is 0.340 e. The Kier molecular flexibility index (Phi) is 4.02. The van der Waals surface area contributed by atoms with Gasteiger partial charge in [0.15, 0.2) is 0 Å². The molecule has 0 amide bonds. The number of ether oxygens (including phenoxy) is 1. The number of methoxy groups -OCH3 is 1. The van der Waals surface area contributed by atoms with Gasteiger partial charge in [-0.25, -0.2) is 9.78 Å². The maximum atomic E-state index is 11.5. The summed E-state index contributed by atoms with van der Waals surface area (Å²) in [5.41, 5.74) is 6.62. The lowest BCUT2D eigenvalue weighted by Gasteiger charge is -2.25. The highest BCUT2D eigenvalue weighted by Gasteiger charge is 2.17. The molecule has 1 fully saturated rings. The number of nitrogen functional groups attached to an aromatic ring is 1. The molecule has 0 saturated heterocycles. The number of carbonyl (C=O) groups is 1. The van der Waals surface area contributed by atoms with Crippen LogP contribution in [0.5, 0.6) is 0 Å². The fourth-order valence-electron chi connectivity index (χ4n) is 2.08. The molecule has 0 aliphatic heterocycles. The number of nitrogens with zero attached hydrogens (tertiary/aromatic N) is 1. The summed E-state index contributed by atoms with van der Waals surface area (Å²) in [4.78, 5) is 15.6. The average Bonchev–Trinajstić information content (AvgIpc) is 2.33. The molecule has 0 atom stereocenters. The Balaban J connectivity index is 1.96. The van der Waals surface area contributed by atoms with Crippen molar-refractivity contribution >= 4 is 17.5 Å². The fourth-order valence-corrected chi connectivity index (χ4v) is 2.08. The Morgan fingerprint density at radius 3 is 3.00 bits per heavy atom. The lowest BCUT2D eigenvalue weighted by atomic mass is 9.83. The SMILES string of the molecule is COC(=O)c1ccnc(NCCC2CCC2)c1N. The predicted molar refractivity (Wildman–Crippen MR) is 70.4 cm³/mol. The number of carbonyl (C=O) groups excluding carboxylic acids is 1. The van der Waals surface area contributed by atoms with Crippen LogP contribution in [0.3, 0.4) is 0 Å². The van der Waals surface area contributed by atoms with Gasteiger partial charge < -0.3 is 15.8 Å². The van der Waals surface area contributed by atoms with Crippen molar-refractivity contribution in [3.63, 3.8) is 0 Å². The van der Waals surface area contributed by atoms with E-state index in [1.165, 1.54) is 26.4 Å². The third kappa shape index (κ3) is 2.72. The quantitative estimate of drug-likeness (QED) is 0.781. The van der Waals surface area contributed by atoms with Crippen LogP contribution in [-0.4, -0.2) is 24.6 Å². The van der Waals surface area contributed by atoms with Crippen molar-refractivity contribution in [3.8, 4) is 0 Å². The maximum Gasteiger partial charge on any atom is 0.340 e. The fraction of sp³-hybridized carbons (Fsp3) is 0.538. The second-order valence-electron chi connectivity index (χ2n) is 4.62. The summed E-state index contributed by atoms with van der Waals surface area (Å²) in [6.07, 6.45) is 6.69. The molecule has 2 rings (SSSR count). The average molecular weight is 249 g/mol. The van der Waals surface area contributed by atoms with E-state index in [9.17, 15) is 4.79 Å². The molecule has 5 heteroatoms. The van der Waals surface area contributed by atoms with Crippen LogP contribution in [-0.2, 0) is 4.74 Å². The van der Waals surface area contributed by atoms with Gasteiger partial charge in [0.25, 0.3) is 0 Å². The van der Waals surface area contributed by atoms with Crippen molar-refractivity contribution in [2.24, 2.45) is 5.92 Å². The van der Waals surface area contributed by atoms with Crippen LogP contribution in [0.4, 0.5) is 11.5 Å². The van der Waals surface area contributed by atoms with Gasteiger partial charge in [0, 0.05) is 12.7 Å². The Labute approximate surface area is 107 Å². The zero-order chi connectivity index (χ0) is 13.0. The van der Waals surface area contributed by atoms with Gasteiger partial charge in [-0.05, 0) is 18.4 Å². The third-order valence-corrected chi connectivity index (χ3v) is 3.47. The highest BCUT2D eigenvalue weighted by atomic mass is 16.5. The number of hydrogen-bond acceptors (Lipinski definition) is 5. The molecule has 1 heterocycles. The first-order chi connectivity index (χ1) is 8.72. The maximum absolute atomic E-state index is 11.5. The summed E-state index contributed by atoms with van der Waals surface area (Å²) >= 11 is 0. The van der Waals surface area contributed by atoms with Gasteiger partial charge in [0.05, 0.1) is 18.4 Å². The van der Waals surface area contributed by atoms with E-state index in [2.05, 4.69) is 15.0 Å². The van der Waals surface area contributed by atoms with Crippen molar-refractivity contribution in [3.05, 3.63) is 17.8 Å². The van der Waals surface area contributed by atoms with Crippen molar-refractivity contribution < 1.29 is 9.53 Å². The van der Waals surface area contributed by atoms with Crippen LogP contribution in [0.15, 0.2) is 12.3 Å². The zero-order valence-electron chi connectivity index (χ0n) is 10.6. The number of pyridine rings is 1. The molecule has 3 N–H and O–H groups in total. The first kappa shape index (κ1) is 12.7. The first-order valence-corrected chi connectivity index (χ1v) is 6.29. The lowest BCUT2D eigenvalue weighted by Crippen LogP contribution is -2.17. The molecule has 1 aromatic heterocycles. The highest BCUT2D eigenvalue weighted by molar-refractivity contribution is 5.97. The van der Waals surface area contributed by atoms with Crippen molar-refractivity contribution in [2.45, 2.75) is 25.7 Å². The number of esters is 1. The van der Waals surface area contributed by atoms with Crippen molar-refractivity contribution in [2.75, 3.05) is 24.7 Å². The van der Waals surface area contributed by atoms with E-state index in [0.717, 1.165) is 18.9 Å². The van der Waals surface area contributed by atoms with E-state index in [0.29, 0.717) is 17.1 Å². The molecule has 0 bridgehead atoms. The molecule has 0 radical (unpaired) electrons. The first-order valence-electron chi connectivity index (χ1n) is 6.29. The van der Waals surface area contributed by atoms with Gasteiger partial charge >= 0.3 is 5.97 Å². The molecule has 18 heavy (non-hydrogen) atoms. The molecule has 0 spiro atoms. The van der Waals surface area contributed by atoms with Gasteiger partial charge in [-0.15, -0.1) is 0 Å². The van der Waals surface area contributed by atoms with E-state index in [1.54, 1.807) is 12.3 Å². The number of nitrogens with two attached hydrogens (primary N) is 1. The van der Waals surface area contributed by atoms with Crippen LogP contribution < -0.4 is 11.1 Å². The normalized spacial score (nSPS) is 14.9. The topological polar surface area (TPSA) is 77.2 Å². The number of hydrogen-bond donors (Lipinski definition) is 2. The summed E-state index contributed by atoms with van der Waals surface area (Å²) in [5, 5.41) is 3.19. The van der Waals surface area contributed by atoms with E-state index >= 15 is 0 Å². The molecule has 1 aromatic rings. The van der Waals surface area contributed by atoms with Gasteiger partial charge in [-0.3, -0.25) is 0 Å². The van der Waals surface area contributed by atoms with E-state index in [1.807, 2.05) is 0 Å².